The van der Waals surface area contributed by atoms with Gasteiger partial charge in [0.05, 0.1) is 6.61 Å². The Labute approximate surface area is 171 Å². The van der Waals surface area contributed by atoms with E-state index in [2.05, 4.69) is 86.3 Å². The van der Waals surface area contributed by atoms with Crippen molar-refractivity contribution in [2.75, 3.05) is 45.2 Å². The number of piperidine rings is 1. The van der Waals surface area contributed by atoms with Gasteiger partial charge in [-0.05, 0) is 74.2 Å². The molecule has 0 unspecified atom stereocenters. The minimum absolute atomic E-state index is 0.524. The van der Waals surface area contributed by atoms with Crippen LogP contribution in [0.5, 0.6) is 5.75 Å². The van der Waals surface area contributed by atoms with Crippen LogP contribution in [0.3, 0.4) is 0 Å². The molecule has 1 heterocycles. The molecule has 0 N–H and O–H groups in total. The van der Waals surface area contributed by atoms with Crippen molar-refractivity contribution in [1.82, 2.24) is 4.90 Å². The maximum Gasteiger partial charge on any atom is 0.119 e. The molecule has 2 aromatic rings. The highest BCUT2D eigenvalue weighted by molar-refractivity contribution is 5.46. The van der Waals surface area contributed by atoms with Gasteiger partial charge in [-0.15, -0.1) is 0 Å². The third-order valence-corrected chi connectivity index (χ3v) is 5.94. The Hall–Kier alpha value is -2.00. The molecule has 0 spiro atoms. The second-order valence-corrected chi connectivity index (χ2v) is 8.42. The molecule has 0 saturated carbocycles. The van der Waals surface area contributed by atoms with Gasteiger partial charge in [-0.2, -0.15) is 0 Å². The van der Waals surface area contributed by atoms with Gasteiger partial charge in [-0.3, -0.25) is 0 Å². The first-order valence-corrected chi connectivity index (χ1v) is 10.8. The quantitative estimate of drug-likeness (QED) is 0.614. The van der Waals surface area contributed by atoms with Crippen LogP contribution in [-0.4, -0.2) is 45.2 Å². The van der Waals surface area contributed by atoms with Gasteiger partial charge in [-0.1, -0.05) is 37.6 Å². The van der Waals surface area contributed by atoms with Gasteiger partial charge in [0.2, 0.25) is 0 Å². The van der Waals surface area contributed by atoms with Crippen LogP contribution < -0.4 is 9.64 Å². The summed E-state index contributed by atoms with van der Waals surface area (Å²) in [6.45, 7) is 8.72. The number of benzene rings is 2. The second-order valence-electron chi connectivity index (χ2n) is 8.42. The summed E-state index contributed by atoms with van der Waals surface area (Å²) in [6.07, 6.45) is 3.76. The molecule has 1 aliphatic heterocycles. The van der Waals surface area contributed by atoms with Crippen LogP contribution in [0.1, 0.15) is 43.2 Å². The van der Waals surface area contributed by atoms with Crippen molar-refractivity contribution in [3.63, 3.8) is 0 Å². The van der Waals surface area contributed by atoms with Crippen molar-refractivity contribution in [2.45, 2.75) is 39.0 Å². The van der Waals surface area contributed by atoms with Gasteiger partial charge in [-0.25, -0.2) is 0 Å². The lowest BCUT2D eigenvalue weighted by Gasteiger charge is -2.39. The predicted molar refractivity (Wildman–Crippen MR) is 120 cm³/mol. The number of rotatable bonds is 8. The van der Waals surface area contributed by atoms with E-state index >= 15 is 0 Å². The molecular formula is C25H36N2O. The van der Waals surface area contributed by atoms with E-state index in [0.29, 0.717) is 11.8 Å². The largest absolute Gasteiger partial charge is 0.493 e. The summed E-state index contributed by atoms with van der Waals surface area (Å²) in [5.74, 6) is 2.09. The van der Waals surface area contributed by atoms with Gasteiger partial charge >= 0.3 is 0 Å². The zero-order valence-corrected chi connectivity index (χ0v) is 18.0. The summed E-state index contributed by atoms with van der Waals surface area (Å²) in [7, 11) is 4.19. The van der Waals surface area contributed by atoms with Crippen LogP contribution in [0.25, 0.3) is 0 Å². The van der Waals surface area contributed by atoms with Crippen LogP contribution in [0, 0.1) is 12.8 Å². The number of unbranched alkanes of at least 4 members (excludes halogenated alkanes) is 1. The number of aryl methyl sites for hydroxylation is 1. The first-order valence-electron chi connectivity index (χ1n) is 10.8. The van der Waals surface area contributed by atoms with Gasteiger partial charge < -0.3 is 14.5 Å². The summed E-state index contributed by atoms with van der Waals surface area (Å²) in [4.78, 5) is 4.80. The smallest absolute Gasteiger partial charge is 0.119 e. The second kappa shape index (κ2) is 9.97. The van der Waals surface area contributed by atoms with Crippen LogP contribution >= 0.6 is 0 Å². The summed E-state index contributed by atoms with van der Waals surface area (Å²) in [5, 5.41) is 0. The highest BCUT2D eigenvalue weighted by Gasteiger charge is 2.30. The number of hydrogen-bond donors (Lipinski definition) is 0. The lowest BCUT2D eigenvalue weighted by molar-refractivity contribution is 0.110. The Morgan fingerprint density at radius 2 is 1.89 bits per heavy atom. The number of anilines is 1. The van der Waals surface area contributed by atoms with Crippen molar-refractivity contribution < 1.29 is 4.74 Å². The molecular weight excluding hydrogens is 344 g/mol. The standard InChI is InChI=1S/C25H36N2O/c1-5-6-15-27-16-14-25(21-10-12-23(13-11-21)26(3)4)22(18-27)19-28-24-9-7-8-20(2)17-24/h7-13,17,22,25H,5-6,14-16,18-19H2,1-4H3/t22-,25-/m0/s1. The molecule has 3 nitrogen and oxygen atoms in total. The molecule has 0 amide bonds. The summed E-state index contributed by atoms with van der Waals surface area (Å²) in [5.41, 5.74) is 3.97. The van der Waals surface area contributed by atoms with Crippen LogP contribution in [0.15, 0.2) is 48.5 Å². The molecule has 28 heavy (non-hydrogen) atoms. The lowest BCUT2D eigenvalue weighted by Crippen LogP contribution is -2.42. The van der Waals surface area contributed by atoms with E-state index in [1.807, 2.05) is 0 Å². The number of likely N-dealkylation sites (tertiary alicyclic amines) is 1. The van der Waals surface area contributed by atoms with Crippen molar-refractivity contribution in [1.29, 1.82) is 0 Å². The van der Waals surface area contributed by atoms with Crippen molar-refractivity contribution in [3.05, 3.63) is 59.7 Å². The Balaban J connectivity index is 1.72. The van der Waals surface area contributed by atoms with Gasteiger partial charge in [0, 0.05) is 32.2 Å². The molecule has 1 fully saturated rings. The molecule has 0 aliphatic carbocycles. The van der Waals surface area contributed by atoms with Crippen molar-refractivity contribution >= 4 is 5.69 Å². The van der Waals surface area contributed by atoms with E-state index in [0.717, 1.165) is 18.9 Å². The summed E-state index contributed by atoms with van der Waals surface area (Å²) in [6, 6.07) is 17.5. The molecule has 0 bridgehead atoms. The molecule has 1 saturated heterocycles. The monoisotopic (exact) mass is 380 g/mol. The van der Waals surface area contributed by atoms with E-state index < -0.39 is 0 Å². The van der Waals surface area contributed by atoms with E-state index in [1.54, 1.807) is 0 Å². The fraction of sp³-hybridized carbons (Fsp3) is 0.520. The molecule has 0 aromatic heterocycles. The maximum atomic E-state index is 6.26. The summed E-state index contributed by atoms with van der Waals surface area (Å²) < 4.78 is 6.26. The highest BCUT2D eigenvalue weighted by atomic mass is 16.5. The van der Waals surface area contributed by atoms with Gasteiger partial charge in [0.1, 0.15) is 5.75 Å². The van der Waals surface area contributed by atoms with Gasteiger partial charge in [0.25, 0.3) is 0 Å². The molecule has 1 aliphatic rings. The Bertz CT molecular complexity index is 726. The average molecular weight is 381 g/mol. The number of hydrogen-bond acceptors (Lipinski definition) is 3. The predicted octanol–water partition coefficient (Wildman–Crippen LogP) is 5.35. The zero-order chi connectivity index (χ0) is 19.9. The SMILES string of the molecule is CCCCN1CC[C@@H](c2ccc(N(C)C)cc2)[C@H](COc2cccc(C)c2)C1. The first kappa shape index (κ1) is 20.7. The molecule has 0 radical (unpaired) electrons. The Morgan fingerprint density at radius 3 is 2.57 bits per heavy atom. The third-order valence-electron chi connectivity index (χ3n) is 5.94. The van der Waals surface area contributed by atoms with Crippen molar-refractivity contribution in [2.24, 2.45) is 5.92 Å². The fourth-order valence-corrected chi connectivity index (χ4v) is 4.23. The third kappa shape index (κ3) is 5.51. The highest BCUT2D eigenvalue weighted by Crippen LogP contribution is 2.34. The summed E-state index contributed by atoms with van der Waals surface area (Å²) >= 11 is 0. The number of nitrogens with zero attached hydrogens (tertiary/aromatic N) is 2. The van der Waals surface area contributed by atoms with Crippen LogP contribution in [0.2, 0.25) is 0 Å². The lowest BCUT2D eigenvalue weighted by atomic mass is 9.80. The van der Waals surface area contributed by atoms with E-state index in [4.69, 9.17) is 4.74 Å². The average Bonchev–Trinajstić information content (AvgIpc) is 2.71. The fourth-order valence-electron chi connectivity index (χ4n) is 4.23. The molecule has 152 valence electrons. The normalized spacial score (nSPS) is 20.1. The van der Waals surface area contributed by atoms with Crippen LogP contribution in [-0.2, 0) is 0 Å². The molecule has 3 rings (SSSR count). The van der Waals surface area contributed by atoms with E-state index in [1.165, 1.54) is 49.2 Å². The molecule has 3 heteroatoms. The van der Waals surface area contributed by atoms with E-state index in [-0.39, 0.29) is 0 Å². The minimum Gasteiger partial charge on any atom is -0.493 e. The van der Waals surface area contributed by atoms with E-state index in [9.17, 15) is 0 Å². The minimum atomic E-state index is 0.524. The Kier molecular flexibility index (Phi) is 7.38. The molecule has 2 atom stereocenters. The van der Waals surface area contributed by atoms with Crippen LogP contribution in [0.4, 0.5) is 5.69 Å². The number of ether oxygens (including phenoxy) is 1. The van der Waals surface area contributed by atoms with Gasteiger partial charge in [0.15, 0.2) is 0 Å². The topological polar surface area (TPSA) is 15.7 Å². The first-order chi connectivity index (χ1) is 13.6. The van der Waals surface area contributed by atoms with Crippen molar-refractivity contribution in [3.8, 4) is 5.75 Å². The molecule has 2 aromatic carbocycles. The maximum absolute atomic E-state index is 6.26. The Morgan fingerprint density at radius 1 is 1.11 bits per heavy atom. The zero-order valence-electron chi connectivity index (χ0n) is 18.0.